The van der Waals surface area contributed by atoms with Gasteiger partial charge < -0.3 is 15.0 Å². The van der Waals surface area contributed by atoms with Crippen molar-refractivity contribution in [2.75, 3.05) is 12.9 Å². The molecule has 32 heavy (non-hydrogen) atoms. The van der Waals surface area contributed by atoms with Gasteiger partial charge in [-0.1, -0.05) is 54.8 Å². The molecular formula is C26H34N2O3S. The van der Waals surface area contributed by atoms with Crippen LogP contribution in [0, 0.1) is 6.92 Å². The van der Waals surface area contributed by atoms with Gasteiger partial charge in [0.05, 0.1) is 12.9 Å². The Kier molecular flexibility index (Phi) is 9.03. The van der Waals surface area contributed by atoms with Gasteiger partial charge in [0.2, 0.25) is 11.8 Å². The van der Waals surface area contributed by atoms with Gasteiger partial charge in [-0.25, -0.2) is 0 Å². The normalized spacial score (nSPS) is 14.7. The Morgan fingerprint density at radius 1 is 1.06 bits per heavy atom. The highest BCUT2D eigenvalue weighted by Crippen LogP contribution is 2.20. The summed E-state index contributed by atoms with van der Waals surface area (Å²) in [6.45, 7) is 4.29. The van der Waals surface area contributed by atoms with Gasteiger partial charge in [-0.2, -0.15) is 0 Å². The van der Waals surface area contributed by atoms with E-state index in [0.29, 0.717) is 12.3 Å². The standard InChI is InChI=1S/C26H34N2O3S/c1-19-8-10-22(11-9-19)17-32-18-25(29)28(16-21-12-14-24(31-3)15-13-21)20(2)26(30)27-23-6-4-5-7-23/h8-15,20,23H,4-7,16-18H2,1-3H3,(H,27,30)/t20-/m0/s1. The van der Waals surface area contributed by atoms with Gasteiger partial charge in [-0.15, -0.1) is 11.8 Å². The first-order valence-corrected chi connectivity index (χ1v) is 12.5. The Hall–Kier alpha value is -2.47. The van der Waals surface area contributed by atoms with E-state index < -0.39 is 6.04 Å². The molecule has 1 aliphatic rings. The second-order valence-corrected chi connectivity index (χ2v) is 9.50. The number of methoxy groups -OCH3 is 1. The van der Waals surface area contributed by atoms with Gasteiger partial charge in [0.15, 0.2) is 0 Å². The lowest BCUT2D eigenvalue weighted by molar-refractivity contribution is -0.138. The molecule has 1 fully saturated rings. The summed E-state index contributed by atoms with van der Waals surface area (Å²) in [7, 11) is 1.63. The van der Waals surface area contributed by atoms with Crippen LogP contribution in [0.15, 0.2) is 48.5 Å². The van der Waals surface area contributed by atoms with E-state index in [1.807, 2.05) is 31.2 Å². The molecule has 6 heteroatoms. The fourth-order valence-corrected chi connectivity index (χ4v) is 4.80. The highest BCUT2D eigenvalue weighted by molar-refractivity contribution is 7.99. The van der Waals surface area contributed by atoms with Crippen molar-refractivity contribution in [1.82, 2.24) is 10.2 Å². The predicted molar refractivity (Wildman–Crippen MR) is 131 cm³/mol. The zero-order valence-electron chi connectivity index (χ0n) is 19.3. The first-order chi connectivity index (χ1) is 15.5. The van der Waals surface area contributed by atoms with Crippen LogP contribution in [0.4, 0.5) is 0 Å². The van der Waals surface area contributed by atoms with Crippen LogP contribution in [-0.2, 0) is 21.9 Å². The summed E-state index contributed by atoms with van der Waals surface area (Å²) in [5, 5.41) is 3.15. The van der Waals surface area contributed by atoms with Crippen molar-refractivity contribution in [2.45, 2.75) is 63.9 Å². The lowest BCUT2D eigenvalue weighted by Gasteiger charge is -2.29. The van der Waals surface area contributed by atoms with E-state index in [2.05, 4.69) is 36.5 Å². The molecule has 0 radical (unpaired) electrons. The van der Waals surface area contributed by atoms with Crippen molar-refractivity contribution in [3.8, 4) is 5.75 Å². The monoisotopic (exact) mass is 454 g/mol. The van der Waals surface area contributed by atoms with Crippen molar-refractivity contribution < 1.29 is 14.3 Å². The Morgan fingerprint density at radius 3 is 2.31 bits per heavy atom. The molecule has 0 unspecified atom stereocenters. The third kappa shape index (κ3) is 7.02. The maximum Gasteiger partial charge on any atom is 0.242 e. The molecule has 0 spiro atoms. The molecule has 1 saturated carbocycles. The quantitative estimate of drug-likeness (QED) is 0.565. The molecule has 2 aromatic rings. The van der Waals surface area contributed by atoms with E-state index in [0.717, 1.165) is 42.7 Å². The Bertz CT molecular complexity index is 877. The third-order valence-electron chi connectivity index (χ3n) is 6.00. The maximum atomic E-state index is 13.2. The lowest BCUT2D eigenvalue weighted by atomic mass is 10.1. The predicted octanol–water partition coefficient (Wildman–Crippen LogP) is 4.71. The minimum absolute atomic E-state index is 0.0213. The van der Waals surface area contributed by atoms with Gasteiger partial charge in [0.1, 0.15) is 11.8 Å². The summed E-state index contributed by atoms with van der Waals surface area (Å²) in [5.74, 6) is 1.79. The number of carbonyl (C=O) groups excluding carboxylic acids is 2. The second-order valence-electron chi connectivity index (χ2n) is 8.51. The smallest absolute Gasteiger partial charge is 0.242 e. The zero-order chi connectivity index (χ0) is 22.9. The number of aryl methyl sites for hydroxylation is 1. The van der Waals surface area contributed by atoms with E-state index in [4.69, 9.17) is 4.74 Å². The number of carbonyl (C=O) groups is 2. The van der Waals surface area contributed by atoms with Crippen LogP contribution in [0.2, 0.25) is 0 Å². The molecule has 0 aliphatic heterocycles. The highest BCUT2D eigenvalue weighted by atomic mass is 32.2. The number of benzene rings is 2. The second kappa shape index (κ2) is 12.0. The summed E-state index contributed by atoms with van der Waals surface area (Å²) in [4.78, 5) is 27.8. The molecule has 1 aliphatic carbocycles. The number of hydrogen-bond acceptors (Lipinski definition) is 4. The van der Waals surface area contributed by atoms with Crippen molar-refractivity contribution >= 4 is 23.6 Å². The van der Waals surface area contributed by atoms with Gasteiger partial charge >= 0.3 is 0 Å². The molecule has 1 N–H and O–H groups in total. The Morgan fingerprint density at radius 2 is 1.69 bits per heavy atom. The van der Waals surface area contributed by atoms with Gasteiger partial charge in [-0.05, 0) is 49.9 Å². The van der Waals surface area contributed by atoms with Crippen LogP contribution in [0.1, 0.15) is 49.3 Å². The number of nitrogens with one attached hydrogen (secondary N) is 1. The minimum atomic E-state index is -0.523. The number of nitrogens with zero attached hydrogens (tertiary/aromatic N) is 1. The van der Waals surface area contributed by atoms with Crippen LogP contribution in [-0.4, -0.2) is 41.7 Å². The van der Waals surface area contributed by atoms with E-state index in [-0.39, 0.29) is 17.9 Å². The molecule has 2 amide bonds. The summed E-state index contributed by atoms with van der Waals surface area (Å²) >= 11 is 1.58. The summed E-state index contributed by atoms with van der Waals surface area (Å²) in [6.07, 6.45) is 4.36. The zero-order valence-corrected chi connectivity index (χ0v) is 20.1. The summed E-state index contributed by atoms with van der Waals surface area (Å²) < 4.78 is 5.24. The average molecular weight is 455 g/mol. The van der Waals surface area contributed by atoms with Gasteiger partial charge in [0, 0.05) is 18.3 Å². The van der Waals surface area contributed by atoms with Crippen LogP contribution in [0.5, 0.6) is 5.75 Å². The topological polar surface area (TPSA) is 58.6 Å². The van der Waals surface area contributed by atoms with Crippen molar-refractivity contribution in [3.05, 3.63) is 65.2 Å². The molecule has 3 rings (SSSR count). The molecule has 5 nitrogen and oxygen atoms in total. The van der Waals surface area contributed by atoms with E-state index >= 15 is 0 Å². The minimum Gasteiger partial charge on any atom is -0.497 e. The average Bonchev–Trinajstić information content (AvgIpc) is 3.31. The maximum absolute atomic E-state index is 13.2. The van der Waals surface area contributed by atoms with Crippen LogP contribution in [0.3, 0.4) is 0 Å². The first-order valence-electron chi connectivity index (χ1n) is 11.3. The number of amides is 2. The first kappa shape index (κ1) is 24.2. The lowest BCUT2D eigenvalue weighted by Crippen LogP contribution is -2.50. The number of rotatable bonds is 10. The Balaban J connectivity index is 1.65. The summed E-state index contributed by atoms with van der Waals surface area (Å²) in [5.41, 5.74) is 3.40. The van der Waals surface area contributed by atoms with Crippen LogP contribution < -0.4 is 10.1 Å². The molecule has 0 bridgehead atoms. The third-order valence-corrected chi connectivity index (χ3v) is 6.98. The number of thioether (sulfide) groups is 1. The number of hydrogen-bond donors (Lipinski definition) is 1. The Labute approximate surface area is 195 Å². The highest BCUT2D eigenvalue weighted by Gasteiger charge is 2.28. The van der Waals surface area contributed by atoms with Crippen molar-refractivity contribution in [1.29, 1.82) is 0 Å². The van der Waals surface area contributed by atoms with Gasteiger partial charge in [-0.3, -0.25) is 9.59 Å². The van der Waals surface area contributed by atoms with Crippen molar-refractivity contribution in [3.63, 3.8) is 0 Å². The fraction of sp³-hybridized carbons (Fsp3) is 0.462. The molecule has 2 aromatic carbocycles. The molecule has 0 heterocycles. The van der Waals surface area contributed by atoms with Crippen LogP contribution in [0.25, 0.3) is 0 Å². The van der Waals surface area contributed by atoms with E-state index in [1.54, 1.807) is 23.8 Å². The number of ether oxygens (including phenoxy) is 1. The van der Waals surface area contributed by atoms with E-state index in [9.17, 15) is 9.59 Å². The largest absolute Gasteiger partial charge is 0.497 e. The van der Waals surface area contributed by atoms with Crippen molar-refractivity contribution in [2.24, 2.45) is 0 Å². The molecular weight excluding hydrogens is 420 g/mol. The SMILES string of the molecule is COc1ccc(CN(C(=O)CSCc2ccc(C)cc2)[C@@H](C)C(=O)NC2CCCC2)cc1. The molecule has 172 valence electrons. The van der Waals surface area contributed by atoms with Crippen LogP contribution >= 0.6 is 11.8 Å². The van der Waals surface area contributed by atoms with E-state index in [1.165, 1.54) is 11.1 Å². The fourth-order valence-electron chi connectivity index (χ4n) is 3.93. The molecule has 0 aromatic heterocycles. The van der Waals surface area contributed by atoms with Gasteiger partial charge in [0.25, 0.3) is 0 Å². The molecule has 1 atom stereocenters. The summed E-state index contributed by atoms with van der Waals surface area (Å²) in [6, 6.07) is 15.7. The molecule has 0 saturated heterocycles.